The Kier molecular flexibility index (Phi) is 5.93. The van der Waals surface area contributed by atoms with E-state index >= 15 is 0 Å². The molecule has 0 amide bonds. The minimum absolute atomic E-state index is 0.0650. The van der Waals surface area contributed by atoms with Crippen molar-refractivity contribution in [1.82, 2.24) is 14.9 Å². The molecule has 0 spiro atoms. The van der Waals surface area contributed by atoms with E-state index in [1.807, 2.05) is 24.3 Å². The Labute approximate surface area is 126 Å². The number of aromatic nitrogens is 2. The highest BCUT2D eigenvalue weighted by Crippen LogP contribution is 2.06. The Bertz CT molecular complexity index is 621. The number of aryl methyl sites for hydroxylation is 1. The van der Waals surface area contributed by atoms with Gasteiger partial charge in [-0.3, -0.25) is 9.36 Å². The second-order valence-electron chi connectivity index (χ2n) is 5.46. The SMILES string of the molecule is CCCNC(CC)CCCn1cnc2ccccc2c1=O. The van der Waals surface area contributed by atoms with Gasteiger partial charge in [-0.1, -0.05) is 26.0 Å². The van der Waals surface area contributed by atoms with Gasteiger partial charge in [0.25, 0.3) is 5.56 Å². The highest BCUT2D eigenvalue weighted by molar-refractivity contribution is 5.76. The van der Waals surface area contributed by atoms with Crippen LogP contribution in [-0.2, 0) is 6.54 Å². The van der Waals surface area contributed by atoms with E-state index in [4.69, 9.17) is 0 Å². The van der Waals surface area contributed by atoms with Crippen LogP contribution in [0.5, 0.6) is 0 Å². The van der Waals surface area contributed by atoms with Gasteiger partial charge in [0.1, 0.15) is 0 Å². The third-order valence-corrected chi connectivity index (χ3v) is 3.86. The van der Waals surface area contributed by atoms with Gasteiger partial charge in [0.2, 0.25) is 0 Å². The fourth-order valence-corrected chi connectivity index (χ4v) is 2.57. The summed E-state index contributed by atoms with van der Waals surface area (Å²) in [5, 5.41) is 4.25. The van der Waals surface area contributed by atoms with Gasteiger partial charge in [-0.2, -0.15) is 0 Å². The van der Waals surface area contributed by atoms with E-state index in [0.717, 1.165) is 44.3 Å². The topological polar surface area (TPSA) is 46.9 Å². The number of nitrogens with one attached hydrogen (secondary N) is 1. The van der Waals surface area contributed by atoms with E-state index in [2.05, 4.69) is 24.1 Å². The number of hydrogen-bond acceptors (Lipinski definition) is 3. The summed E-state index contributed by atoms with van der Waals surface area (Å²) in [6.07, 6.45) is 6.05. The lowest BCUT2D eigenvalue weighted by Crippen LogP contribution is -2.29. The lowest BCUT2D eigenvalue weighted by Gasteiger charge is -2.16. The molecule has 1 atom stereocenters. The van der Waals surface area contributed by atoms with Crippen LogP contribution in [0.2, 0.25) is 0 Å². The summed E-state index contributed by atoms with van der Waals surface area (Å²) in [7, 11) is 0. The minimum atomic E-state index is 0.0650. The normalized spacial score (nSPS) is 12.7. The number of hydrogen-bond donors (Lipinski definition) is 1. The largest absolute Gasteiger partial charge is 0.314 e. The van der Waals surface area contributed by atoms with Crippen LogP contribution in [0.15, 0.2) is 35.4 Å². The van der Waals surface area contributed by atoms with E-state index in [1.54, 1.807) is 10.9 Å². The first kappa shape index (κ1) is 15.7. The van der Waals surface area contributed by atoms with Crippen molar-refractivity contribution in [1.29, 1.82) is 0 Å². The molecule has 0 saturated heterocycles. The number of nitrogens with zero attached hydrogens (tertiary/aromatic N) is 2. The molecule has 2 rings (SSSR count). The molecule has 1 unspecified atom stereocenters. The Balaban J connectivity index is 1.97. The molecular weight excluding hydrogens is 262 g/mol. The summed E-state index contributed by atoms with van der Waals surface area (Å²) in [6, 6.07) is 8.07. The zero-order chi connectivity index (χ0) is 15.1. The van der Waals surface area contributed by atoms with Gasteiger partial charge in [0.05, 0.1) is 17.2 Å². The minimum Gasteiger partial charge on any atom is -0.314 e. The van der Waals surface area contributed by atoms with E-state index in [9.17, 15) is 4.79 Å². The summed E-state index contributed by atoms with van der Waals surface area (Å²) in [5.74, 6) is 0. The average Bonchev–Trinajstić information content (AvgIpc) is 2.53. The van der Waals surface area contributed by atoms with Gasteiger partial charge in [-0.15, -0.1) is 0 Å². The smallest absolute Gasteiger partial charge is 0.261 e. The molecule has 1 aromatic carbocycles. The number of rotatable bonds is 8. The Hall–Kier alpha value is -1.68. The van der Waals surface area contributed by atoms with Crippen molar-refractivity contribution in [3.05, 3.63) is 40.9 Å². The van der Waals surface area contributed by atoms with Crippen molar-refractivity contribution in [3.8, 4) is 0 Å². The van der Waals surface area contributed by atoms with Crippen LogP contribution in [0.4, 0.5) is 0 Å². The van der Waals surface area contributed by atoms with Crippen molar-refractivity contribution in [2.75, 3.05) is 6.54 Å². The fourth-order valence-electron chi connectivity index (χ4n) is 2.57. The molecule has 0 aliphatic rings. The summed E-state index contributed by atoms with van der Waals surface area (Å²) in [5.41, 5.74) is 0.838. The molecule has 1 aromatic heterocycles. The molecule has 0 aliphatic carbocycles. The van der Waals surface area contributed by atoms with Crippen molar-refractivity contribution >= 4 is 10.9 Å². The number of fused-ring (bicyclic) bond motifs is 1. The maximum Gasteiger partial charge on any atom is 0.261 e. The van der Waals surface area contributed by atoms with Crippen LogP contribution in [0.1, 0.15) is 39.5 Å². The van der Waals surface area contributed by atoms with Crippen LogP contribution in [0, 0.1) is 0 Å². The first-order valence-corrected chi connectivity index (χ1v) is 7.93. The lowest BCUT2D eigenvalue weighted by molar-refractivity contribution is 0.437. The second kappa shape index (κ2) is 7.93. The maximum atomic E-state index is 12.4. The zero-order valence-corrected chi connectivity index (χ0v) is 13.0. The summed E-state index contributed by atoms with van der Waals surface area (Å²) >= 11 is 0. The fraction of sp³-hybridized carbons (Fsp3) is 0.529. The van der Waals surface area contributed by atoms with Gasteiger partial charge in [-0.25, -0.2) is 4.98 Å². The predicted molar refractivity (Wildman–Crippen MR) is 87.6 cm³/mol. The highest BCUT2D eigenvalue weighted by Gasteiger charge is 2.06. The summed E-state index contributed by atoms with van der Waals surface area (Å²) in [4.78, 5) is 16.7. The van der Waals surface area contributed by atoms with Crippen LogP contribution >= 0.6 is 0 Å². The molecule has 0 fully saturated rings. The quantitative estimate of drug-likeness (QED) is 0.812. The molecule has 0 aliphatic heterocycles. The molecule has 4 nitrogen and oxygen atoms in total. The first-order chi connectivity index (χ1) is 10.3. The number of para-hydroxylation sites is 1. The van der Waals surface area contributed by atoms with E-state index in [-0.39, 0.29) is 5.56 Å². The molecule has 0 bridgehead atoms. The molecule has 0 radical (unpaired) electrons. The molecule has 2 aromatic rings. The summed E-state index contributed by atoms with van der Waals surface area (Å²) in [6.45, 7) is 6.19. The molecule has 21 heavy (non-hydrogen) atoms. The predicted octanol–water partition coefficient (Wildman–Crippen LogP) is 2.95. The van der Waals surface area contributed by atoms with E-state index in [1.165, 1.54) is 0 Å². The van der Waals surface area contributed by atoms with Crippen LogP contribution in [0.25, 0.3) is 10.9 Å². The first-order valence-electron chi connectivity index (χ1n) is 7.93. The Morgan fingerprint density at radius 1 is 1.29 bits per heavy atom. The van der Waals surface area contributed by atoms with Crippen LogP contribution in [-0.4, -0.2) is 22.1 Å². The molecule has 114 valence electrons. The van der Waals surface area contributed by atoms with E-state index in [0.29, 0.717) is 11.4 Å². The van der Waals surface area contributed by atoms with E-state index < -0.39 is 0 Å². The van der Waals surface area contributed by atoms with Crippen molar-refractivity contribution < 1.29 is 0 Å². The van der Waals surface area contributed by atoms with Gasteiger partial charge >= 0.3 is 0 Å². The summed E-state index contributed by atoms with van der Waals surface area (Å²) < 4.78 is 1.73. The van der Waals surface area contributed by atoms with Crippen LogP contribution in [0.3, 0.4) is 0 Å². The van der Waals surface area contributed by atoms with Crippen molar-refractivity contribution in [2.24, 2.45) is 0 Å². The van der Waals surface area contributed by atoms with Crippen molar-refractivity contribution in [3.63, 3.8) is 0 Å². The molecule has 0 saturated carbocycles. The van der Waals surface area contributed by atoms with Gasteiger partial charge in [-0.05, 0) is 44.4 Å². The average molecular weight is 287 g/mol. The Morgan fingerprint density at radius 3 is 2.86 bits per heavy atom. The van der Waals surface area contributed by atoms with Gasteiger partial charge in [0, 0.05) is 12.6 Å². The monoisotopic (exact) mass is 287 g/mol. The molecular formula is C17H25N3O. The van der Waals surface area contributed by atoms with Gasteiger partial charge in [0.15, 0.2) is 0 Å². The molecule has 1 heterocycles. The third-order valence-electron chi connectivity index (χ3n) is 3.86. The maximum absolute atomic E-state index is 12.4. The lowest BCUT2D eigenvalue weighted by atomic mass is 10.1. The zero-order valence-electron chi connectivity index (χ0n) is 13.0. The van der Waals surface area contributed by atoms with Gasteiger partial charge < -0.3 is 5.32 Å². The van der Waals surface area contributed by atoms with Crippen molar-refractivity contribution in [2.45, 2.75) is 52.1 Å². The molecule has 4 heteroatoms. The highest BCUT2D eigenvalue weighted by atomic mass is 16.1. The standard InChI is InChI=1S/C17H25N3O/c1-3-11-18-14(4-2)8-7-12-20-13-19-16-10-6-5-9-15(16)17(20)21/h5-6,9-10,13-14,18H,3-4,7-8,11-12H2,1-2H3. The second-order valence-corrected chi connectivity index (χ2v) is 5.46. The molecule has 1 N–H and O–H groups in total. The number of benzene rings is 1. The third kappa shape index (κ3) is 4.14. The Morgan fingerprint density at radius 2 is 2.10 bits per heavy atom. The van der Waals surface area contributed by atoms with Crippen LogP contribution < -0.4 is 10.9 Å².